The summed E-state index contributed by atoms with van der Waals surface area (Å²) in [5, 5.41) is 5.46. The standard InChI is InChI=1S/C19H22N2O3/c1-4-20-19(23)15-6-5-7-16(11-15)21-18(22)12-24-17-9-13(2)8-14(3)10-17/h5-11H,4,12H2,1-3H3,(H,20,23)(H,21,22). The summed E-state index contributed by atoms with van der Waals surface area (Å²) >= 11 is 0. The molecule has 2 aromatic rings. The molecule has 24 heavy (non-hydrogen) atoms. The highest BCUT2D eigenvalue weighted by atomic mass is 16.5. The molecule has 0 aliphatic carbocycles. The van der Waals surface area contributed by atoms with Crippen LogP contribution in [-0.4, -0.2) is 25.0 Å². The lowest BCUT2D eigenvalue weighted by Crippen LogP contribution is -2.23. The quantitative estimate of drug-likeness (QED) is 0.857. The zero-order valence-corrected chi connectivity index (χ0v) is 14.2. The minimum absolute atomic E-state index is 0.0890. The number of anilines is 1. The highest BCUT2D eigenvalue weighted by Crippen LogP contribution is 2.16. The summed E-state index contributed by atoms with van der Waals surface area (Å²) in [5.41, 5.74) is 3.23. The van der Waals surface area contributed by atoms with Crippen LogP contribution in [0.15, 0.2) is 42.5 Å². The van der Waals surface area contributed by atoms with E-state index in [1.807, 2.05) is 39.0 Å². The topological polar surface area (TPSA) is 67.4 Å². The molecule has 0 saturated heterocycles. The van der Waals surface area contributed by atoms with Crippen molar-refractivity contribution in [3.8, 4) is 5.75 Å². The predicted molar refractivity (Wildman–Crippen MR) is 94.5 cm³/mol. The molecular weight excluding hydrogens is 304 g/mol. The molecule has 0 heterocycles. The third-order valence-electron chi connectivity index (χ3n) is 3.31. The van der Waals surface area contributed by atoms with Crippen LogP contribution in [0, 0.1) is 13.8 Å². The van der Waals surface area contributed by atoms with Gasteiger partial charge in [0.15, 0.2) is 6.61 Å². The van der Waals surface area contributed by atoms with Gasteiger partial charge in [0.25, 0.3) is 11.8 Å². The number of nitrogens with one attached hydrogen (secondary N) is 2. The highest BCUT2D eigenvalue weighted by Gasteiger charge is 2.08. The molecule has 0 unspecified atom stereocenters. The van der Waals surface area contributed by atoms with Crippen LogP contribution in [-0.2, 0) is 4.79 Å². The number of aryl methyl sites for hydroxylation is 2. The Kier molecular flexibility index (Phi) is 5.95. The van der Waals surface area contributed by atoms with Crippen molar-refractivity contribution in [3.05, 3.63) is 59.2 Å². The van der Waals surface area contributed by atoms with Crippen molar-refractivity contribution in [3.63, 3.8) is 0 Å². The molecule has 2 aromatic carbocycles. The van der Waals surface area contributed by atoms with E-state index in [0.717, 1.165) is 11.1 Å². The molecular formula is C19H22N2O3. The van der Waals surface area contributed by atoms with Crippen LogP contribution >= 0.6 is 0 Å². The highest BCUT2D eigenvalue weighted by molar-refractivity contribution is 5.97. The second kappa shape index (κ2) is 8.15. The summed E-state index contributed by atoms with van der Waals surface area (Å²) in [4.78, 5) is 23.8. The summed E-state index contributed by atoms with van der Waals surface area (Å²) in [6.07, 6.45) is 0. The van der Waals surface area contributed by atoms with E-state index in [4.69, 9.17) is 4.74 Å². The zero-order valence-electron chi connectivity index (χ0n) is 14.2. The minimum atomic E-state index is -0.276. The lowest BCUT2D eigenvalue weighted by atomic mass is 10.1. The zero-order chi connectivity index (χ0) is 17.5. The van der Waals surface area contributed by atoms with E-state index in [1.54, 1.807) is 24.3 Å². The first-order valence-corrected chi connectivity index (χ1v) is 7.87. The monoisotopic (exact) mass is 326 g/mol. The van der Waals surface area contributed by atoms with Gasteiger partial charge in [0.05, 0.1) is 0 Å². The van der Waals surface area contributed by atoms with Crippen LogP contribution in [0.2, 0.25) is 0 Å². The second-order valence-electron chi connectivity index (χ2n) is 5.60. The number of carbonyl (C=O) groups is 2. The molecule has 0 saturated carbocycles. The van der Waals surface area contributed by atoms with E-state index in [2.05, 4.69) is 10.6 Å². The molecule has 0 aliphatic rings. The van der Waals surface area contributed by atoms with Crippen LogP contribution in [0.1, 0.15) is 28.4 Å². The van der Waals surface area contributed by atoms with Crippen LogP contribution in [0.5, 0.6) is 5.75 Å². The maximum Gasteiger partial charge on any atom is 0.262 e. The molecule has 0 aliphatic heterocycles. The largest absolute Gasteiger partial charge is 0.484 e. The fourth-order valence-electron chi connectivity index (χ4n) is 2.36. The number of rotatable bonds is 6. The summed E-state index contributed by atoms with van der Waals surface area (Å²) in [6, 6.07) is 12.6. The van der Waals surface area contributed by atoms with Crippen LogP contribution in [0.25, 0.3) is 0 Å². The number of ether oxygens (including phenoxy) is 1. The number of benzene rings is 2. The molecule has 5 heteroatoms. The molecule has 0 radical (unpaired) electrons. The summed E-state index contributed by atoms with van der Waals surface area (Å²) < 4.78 is 5.53. The van der Waals surface area contributed by atoms with Crippen molar-refractivity contribution < 1.29 is 14.3 Å². The Morgan fingerprint density at radius 3 is 2.42 bits per heavy atom. The Balaban J connectivity index is 1.94. The van der Waals surface area contributed by atoms with Gasteiger partial charge in [-0.1, -0.05) is 12.1 Å². The van der Waals surface area contributed by atoms with Crippen LogP contribution in [0.4, 0.5) is 5.69 Å². The second-order valence-corrected chi connectivity index (χ2v) is 5.60. The first kappa shape index (κ1) is 17.5. The van der Waals surface area contributed by atoms with E-state index in [1.165, 1.54) is 0 Å². The summed E-state index contributed by atoms with van der Waals surface area (Å²) in [6.45, 7) is 6.28. The van der Waals surface area contributed by atoms with Crippen LogP contribution in [0.3, 0.4) is 0 Å². The molecule has 0 spiro atoms. The van der Waals surface area contributed by atoms with E-state index >= 15 is 0 Å². The molecule has 0 bridgehead atoms. The van der Waals surface area contributed by atoms with Gasteiger partial charge >= 0.3 is 0 Å². The Labute approximate surface area is 142 Å². The normalized spacial score (nSPS) is 10.1. The predicted octanol–water partition coefficient (Wildman–Crippen LogP) is 3.07. The first-order valence-electron chi connectivity index (χ1n) is 7.87. The first-order chi connectivity index (χ1) is 11.5. The molecule has 2 rings (SSSR count). The Hall–Kier alpha value is -2.82. The molecule has 2 amide bonds. The van der Waals surface area contributed by atoms with E-state index < -0.39 is 0 Å². The Morgan fingerprint density at radius 2 is 1.75 bits per heavy atom. The number of hydrogen-bond acceptors (Lipinski definition) is 3. The summed E-state index contributed by atoms with van der Waals surface area (Å²) in [7, 11) is 0. The van der Waals surface area contributed by atoms with Gasteiger partial charge in [-0.2, -0.15) is 0 Å². The van der Waals surface area contributed by atoms with Gasteiger partial charge < -0.3 is 15.4 Å². The molecule has 0 aromatic heterocycles. The SMILES string of the molecule is CCNC(=O)c1cccc(NC(=O)COc2cc(C)cc(C)c2)c1. The van der Waals surface area contributed by atoms with Gasteiger partial charge in [-0.05, 0) is 62.2 Å². The fraction of sp³-hybridized carbons (Fsp3) is 0.263. The van der Waals surface area contributed by atoms with Gasteiger partial charge in [-0.15, -0.1) is 0 Å². The Bertz CT molecular complexity index is 721. The van der Waals surface area contributed by atoms with E-state index in [9.17, 15) is 9.59 Å². The summed E-state index contributed by atoms with van der Waals surface area (Å²) in [5.74, 6) is 0.223. The average molecular weight is 326 g/mol. The Morgan fingerprint density at radius 1 is 1.04 bits per heavy atom. The molecule has 0 atom stereocenters. The number of amides is 2. The van der Waals surface area contributed by atoms with Gasteiger partial charge in [0.2, 0.25) is 0 Å². The third kappa shape index (κ3) is 5.12. The smallest absolute Gasteiger partial charge is 0.262 e. The van der Waals surface area contributed by atoms with Gasteiger partial charge in [0.1, 0.15) is 5.75 Å². The molecule has 0 fully saturated rings. The van der Waals surface area contributed by atoms with E-state index in [0.29, 0.717) is 23.5 Å². The van der Waals surface area contributed by atoms with Crippen molar-refractivity contribution in [1.29, 1.82) is 0 Å². The maximum atomic E-state index is 12.0. The van der Waals surface area contributed by atoms with Crippen molar-refractivity contribution in [1.82, 2.24) is 5.32 Å². The average Bonchev–Trinajstić information content (AvgIpc) is 2.52. The van der Waals surface area contributed by atoms with Crippen molar-refractivity contribution in [2.24, 2.45) is 0 Å². The minimum Gasteiger partial charge on any atom is -0.484 e. The molecule has 2 N–H and O–H groups in total. The van der Waals surface area contributed by atoms with Gasteiger partial charge in [0, 0.05) is 17.8 Å². The lowest BCUT2D eigenvalue weighted by Gasteiger charge is -2.10. The fourth-order valence-corrected chi connectivity index (χ4v) is 2.36. The van der Waals surface area contributed by atoms with Crippen molar-refractivity contribution in [2.75, 3.05) is 18.5 Å². The molecule has 5 nitrogen and oxygen atoms in total. The van der Waals surface area contributed by atoms with Gasteiger partial charge in [-0.25, -0.2) is 0 Å². The third-order valence-corrected chi connectivity index (χ3v) is 3.31. The molecule has 126 valence electrons. The maximum absolute atomic E-state index is 12.0. The van der Waals surface area contributed by atoms with Crippen molar-refractivity contribution >= 4 is 17.5 Å². The van der Waals surface area contributed by atoms with Crippen LogP contribution < -0.4 is 15.4 Å². The number of carbonyl (C=O) groups excluding carboxylic acids is 2. The van der Waals surface area contributed by atoms with E-state index in [-0.39, 0.29) is 18.4 Å². The number of hydrogen-bond donors (Lipinski definition) is 2. The van der Waals surface area contributed by atoms with Crippen molar-refractivity contribution in [2.45, 2.75) is 20.8 Å². The lowest BCUT2D eigenvalue weighted by molar-refractivity contribution is -0.118. The van der Waals surface area contributed by atoms with Gasteiger partial charge in [-0.3, -0.25) is 9.59 Å².